The van der Waals surface area contributed by atoms with E-state index in [1.807, 2.05) is 38.1 Å². The lowest BCUT2D eigenvalue weighted by atomic mass is 10.3. The molecule has 0 aliphatic rings. The zero-order chi connectivity index (χ0) is 18.3. The maximum absolute atomic E-state index is 5.66. The van der Waals surface area contributed by atoms with Gasteiger partial charge in [-0.15, -0.1) is 24.0 Å². The highest BCUT2D eigenvalue weighted by atomic mass is 127. The SMILES string of the molecule is CCCN=C(NCCCOCCOC)Nc1ccc(OC(C)C)cc1.I. The third-order valence-electron chi connectivity index (χ3n) is 3.17. The van der Waals surface area contributed by atoms with Gasteiger partial charge in [0.15, 0.2) is 5.96 Å². The lowest BCUT2D eigenvalue weighted by Gasteiger charge is -2.14. The van der Waals surface area contributed by atoms with Gasteiger partial charge in [0, 0.05) is 32.5 Å². The van der Waals surface area contributed by atoms with Crippen LogP contribution in [0.2, 0.25) is 0 Å². The second-order valence-electron chi connectivity index (χ2n) is 5.93. The summed E-state index contributed by atoms with van der Waals surface area (Å²) in [4.78, 5) is 4.56. The molecule has 0 bridgehead atoms. The number of benzene rings is 1. The molecule has 6 nitrogen and oxygen atoms in total. The summed E-state index contributed by atoms with van der Waals surface area (Å²) in [6.45, 7) is 9.72. The van der Waals surface area contributed by atoms with E-state index in [2.05, 4.69) is 22.5 Å². The Morgan fingerprint density at radius 2 is 1.85 bits per heavy atom. The highest BCUT2D eigenvalue weighted by Gasteiger charge is 2.02. The van der Waals surface area contributed by atoms with Gasteiger partial charge in [-0.2, -0.15) is 0 Å². The average molecular weight is 479 g/mol. The molecule has 1 aromatic rings. The number of ether oxygens (including phenoxy) is 3. The van der Waals surface area contributed by atoms with Gasteiger partial charge in [-0.05, 0) is 51.0 Å². The van der Waals surface area contributed by atoms with Crippen LogP contribution in [0.1, 0.15) is 33.6 Å². The smallest absolute Gasteiger partial charge is 0.195 e. The molecule has 0 unspecified atom stereocenters. The molecule has 0 aromatic heterocycles. The number of rotatable bonds is 12. The molecule has 7 heteroatoms. The van der Waals surface area contributed by atoms with Gasteiger partial charge in [0.25, 0.3) is 0 Å². The molecular weight excluding hydrogens is 445 g/mol. The van der Waals surface area contributed by atoms with Gasteiger partial charge in [0.05, 0.1) is 19.3 Å². The summed E-state index contributed by atoms with van der Waals surface area (Å²) in [5, 5.41) is 6.67. The number of aliphatic imine (C=N–C) groups is 1. The molecule has 0 saturated heterocycles. The van der Waals surface area contributed by atoms with Crippen molar-refractivity contribution in [2.75, 3.05) is 45.3 Å². The molecule has 1 rings (SSSR count). The minimum atomic E-state index is 0. The second kappa shape index (κ2) is 16.1. The largest absolute Gasteiger partial charge is 0.491 e. The molecule has 0 aliphatic heterocycles. The topological polar surface area (TPSA) is 64.1 Å². The van der Waals surface area contributed by atoms with Crippen molar-refractivity contribution in [3.8, 4) is 5.75 Å². The van der Waals surface area contributed by atoms with Crippen molar-refractivity contribution in [2.24, 2.45) is 4.99 Å². The quantitative estimate of drug-likeness (QED) is 0.206. The maximum atomic E-state index is 5.66. The molecule has 0 saturated carbocycles. The summed E-state index contributed by atoms with van der Waals surface area (Å²) in [7, 11) is 1.68. The Labute approximate surface area is 175 Å². The van der Waals surface area contributed by atoms with Crippen LogP contribution in [-0.4, -0.2) is 52.1 Å². The number of hydrogen-bond acceptors (Lipinski definition) is 4. The maximum Gasteiger partial charge on any atom is 0.195 e. The Hall–Kier alpha value is -1.06. The molecule has 2 N–H and O–H groups in total. The fraction of sp³-hybridized carbons (Fsp3) is 0.632. The molecular formula is C19H34IN3O3. The van der Waals surface area contributed by atoms with Crippen LogP contribution in [0.4, 0.5) is 5.69 Å². The second-order valence-corrected chi connectivity index (χ2v) is 5.93. The first kappa shape index (κ1) is 24.9. The number of halogens is 1. The fourth-order valence-electron chi connectivity index (χ4n) is 2.01. The first-order valence-corrected chi connectivity index (χ1v) is 9.04. The van der Waals surface area contributed by atoms with Gasteiger partial charge in [0.1, 0.15) is 5.75 Å². The molecule has 0 fully saturated rings. The van der Waals surface area contributed by atoms with E-state index in [4.69, 9.17) is 14.2 Å². The number of nitrogens with one attached hydrogen (secondary N) is 2. The monoisotopic (exact) mass is 479 g/mol. The predicted molar refractivity (Wildman–Crippen MR) is 119 cm³/mol. The molecule has 26 heavy (non-hydrogen) atoms. The highest BCUT2D eigenvalue weighted by Crippen LogP contribution is 2.16. The zero-order valence-electron chi connectivity index (χ0n) is 16.4. The molecule has 0 radical (unpaired) electrons. The molecule has 0 heterocycles. The first-order valence-electron chi connectivity index (χ1n) is 9.04. The Kier molecular flexibility index (Phi) is 15.5. The first-order chi connectivity index (χ1) is 12.2. The summed E-state index contributed by atoms with van der Waals surface area (Å²) in [5.41, 5.74) is 0.981. The van der Waals surface area contributed by atoms with E-state index in [1.165, 1.54) is 0 Å². The van der Waals surface area contributed by atoms with Crippen molar-refractivity contribution < 1.29 is 14.2 Å². The van der Waals surface area contributed by atoms with E-state index >= 15 is 0 Å². The molecule has 0 spiro atoms. The molecule has 0 aliphatic carbocycles. The van der Waals surface area contributed by atoms with E-state index < -0.39 is 0 Å². The summed E-state index contributed by atoms with van der Waals surface area (Å²) >= 11 is 0. The van der Waals surface area contributed by atoms with Crippen LogP contribution in [0.15, 0.2) is 29.3 Å². The van der Waals surface area contributed by atoms with Crippen molar-refractivity contribution in [2.45, 2.75) is 39.7 Å². The van der Waals surface area contributed by atoms with Crippen molar-refractivity contribution in [3.63, 3.8) is 0 Å². The van der Waals surface area contributed by atoms with Gasteiger partial charge in [-0.25, -0.2) is 0 Å². The van der Waals surface area contributed by atoms with Gasteiger partial charge in [0.2, 0.25) is 0 Å². The van der Waals surface area contributed by atoms with Crippen molar-refractivity contribution in [1.29, 1.82) is 0 Å². The van der Waals surface area contributed by atoms with E-state index in [0.29, 0.717) is 19.8 Å². The third-order valence-corrected chi connectivity index (χ3v) is 3.17. The summed E-state index contributed by atoms with van der Waals surface area (Å²) in [6, 6.07) is 7.91. The summed E-state index contributed by atoms with van der Waals surface area (Å²) in [5.74, 6) is 1.66. The molecule has 0 amide bonds. The standard InChI is InChI=1S/C19H33N3O3.HI/c1-5-11-20-19(21-12-6-13-24-15-14-23-4)22-17-7-9-18(10-8-17)25-16(2)3;/h7-10,16H,5-6,11-15H2,1-4H3,(H2,20,21,22);1H. The normalized spacial score (nSPS) is 11.2. The van der Waals surface area contributed by atoms with Crippen LogP contribution in [0.5, 0.6) is 5.75 Å². The average Bonchev–Trinajstić information content (AvgIpc) is 2.59. The van der Waals surface area contributed by atoms with E-state index in [0.717, 1.165) is 43.3 Å². The van der Waals surface area contributed by atoms with Crippen LogP contribution in [0, 0.1) is 0 Å². The predicted octanol–water partition coefficient (Wildman–Crippen LogP) is 3.91. The van der Waals surface area contributed by atoms with Crippen LogP contribution >= 0.6 is 24.0 Å². The summed E-state index contributed by atoms with van der Waals surface area (Å²) < 4.78 is 16.1. The summed E-state index contributed by atoms with van der Waals surface area (Å²) in [6.07, 6.45) is 2.10. The lowest BCUT2D eigenvalue weighted by molar-refractivity contribution is 0.0699. The van der Waals surface area contributed by atoms with Gasteiger partial charge in [-0.3, -0.25) is 4.99 Å². The van der Waals surface area contributed by atoms with Crippen molar-refractivity contribution in [3.05, 3.63) is 24.3 Å². The minimum Gasteiger partial charge on any atom is -0.491 e. The number of guanidine groups is 1. The number of anilines is 1. The van der Waals surface area contributed by atoms with Gasteiger partial charge >= 0.3 is 0 Å². The molecule has 0 atom stereocenters. The third kappa shape index (κ3) is 12.3. The van der Waals surface area contributed by atoms with E-state index in [-0.39, 0.29) is 30.1 Å². The lowest BCUT2D eigenvalue weighted by Crippen LogP contribution is -2.32. The molecule has 150 valence electrons. The number of hydrogen-bond donors (Lipinski definition) is 2. The minimum absolute atomic E-state index is 0. The van der Waals surface area contributed by atoms with E-state index in [1.54, 1.807) is 7.11 Å². The Balaban J connectivity index is 0.00000625. The van der Waals surface area contributed by atoms with Crippen LogP contribution < -0.4 is 15.4 Å². The van der Waals surface area contributed by atoms with Crippen LogP contribution in [0.3, 0.4) is 0 Å². The van der Waals surface area contributed by atoms with Crippen molar-refractivity contribution >= 4 is 35.6 Å². The molecule has 1 aromatic carbocycles. The highest BCUT2D eigenvalue weighted by molar-refractivity contribution is 14.0. The van der Waals surface area contributed by atoms with Gasteiger partial charge in [-0.1, -0.05) is 6.92 Å². The van der Waals surface area contributed by atoms with Gasteiger partial charge < -0.3 is 24.8 Å². The zero-order valence-corrected chi connectivity index (χ0v) is 18.7. The Bertz CT molecular complexity index is 481. The van der Waals surface area contributed by atoms with Crippen LogP contribution in [-0.2, 0) is 9.47 Å². The van der Waals surface area contributed by atoms with E-state index in [9.17, 15) is 0 Å². The number of nitrogens with zero attached hydrogens (tertiary/aromatic N) is 1. The van der Waals surface area contributed by atoms with Crippen molar-refractivity contribution in [1.82, 2.24) is 5.32 Å². The van der Waals surface area contributed by atoms with Crippen LogP contribution in [0.25, 0.3) is 0 Å². The Morgan fingerprint density at radius 1 is 1.12 bits per heavy atom. The Morgan fingerprint density at radius 3 is 2.46 bits per heavy atom. The number of methoxy groups -OCH3 is 1. The fourth-order valence-corrected chi connectivity index (χ4v) is 2.01.